The van der Waals surface area contributed by atoms with Crippen molar-refractivity contribution in [2.45, 2.75) is 46.1 Å². The summed E-state index contributed by atoms with van der Waals surface area (Å²) in [5.41, 5.74) is 6.59. The number of anilines is 1. The Bertz CT molecular complexity index is 1340. The van der Waals surface area contributed by atoms with E-state index in [-0.39, 0.29) is 11.8 Å². The van der Waals surface area contributed by atoms with E-state index in [2.05, 4.69) is 61.7 Å². The summed E-state index contributed by atoms with van der Waals surface area (Å²) in [6.45, 7) is 8.15. The number of fused-ring (bicyclic) bond motifs is 1. The summed E-state index contributed by atoms with van der Waals surface area (Å²) in [5.74, 6) is 2.10. The van der Waals surface area contributed by atoms with E-state index in [1.165, 1.54) is 11.1 Å². The van der Waals surface area contributed by atoms with Crippen LogP contribution in [0.2, 0.25) is 0 Å². The number of rotatable bonds is 7. The molecule has 1 aliphatic rings. The van der Waals surface area contributed by atoms with Gasteiger partial charge in [0.1, 0.15) is 18.2 Å². The minimum atomic E-state index is 0.0468. The molecule has 1 aliphatic heterocycles. The number of benzene rings is 3. The number of carbonyl (C=O) groups excluding carboxylic acids is 1. The average molecular weight is 454 g/mol. The van der Waals surface area contributed by atoms with E-state index in [0.29, 0.717) is 26.1 Å². The number of aryl methyl sites for hydroxylation is 3. The third-order valence-corrected chi connectivity index (χ3v) is 6.75. The topological polar surface area (TPSA) is 47.4 Å². The highest BCUT2D eigenvalue weighted by molar-refractivity contribution is 5.97. The van der Waals surface area contributed by atoms with Crippen molar-refractivity contribution in [1.29, 1.82) is 0 Å². The zero-order valence-electron chi connectivity index (χ0n) is 20.1. The Labute approximate surface area is 201 Å². The molecule has 0 unspecified atom stereocenters. The summed E-state index contributed by atoms with van der Waals surface area (Å²) in [7, 11) is 0. The van der Waals surface area contributed by atoms with Crippen molar-refractivity contribution in [2.75, 3.05) is 18.1 Å². The van der Waals surface area contributed by atoms with E-state index >= 15 is 0 Å². The van der Waals surface area contributed by atoms with Gasteiger partial charge in [-0.25, -0.2) is 4.98 Å². The van der Waals surface area contributed by atoms with E-state index in [1.807, 2.05) is 35.2 Å². The smallest absolute Gasteiger partial charge is 0.227 e. The Balaban J connectivity index is 1.42. The van der Waals surface area contributed by atoms with Gasteiger partial charge in [-0.3, -0.25) is 4.79 Å². The third-order valence-electron chi connectivity index (χ3n) is 6.75. The third kappa shape index (κ3) is 4.18. The molecule has 34 heavy (non-hydrogen) atoms. The van der Waals surface area contributed by atoms with Crippen molar-refractivity contribution >= 4 is 22.6 Å². The zero-order valence-corrected chi connectivity index (χ0v) is 20.1. The van der Waals surface area contributed by atoms with Crippen LogP contribution in [0.15, 0.2) is 66.7 Å². The molecule has 174 valence electrons. The van der Waals surface area contributed by atoms with Gasteiger partial charge in [-0.05, 0) is 61.2 Å². The number of hydrogen-bond acceptors (Lipinski definition) is 3. The minimum Gasteiger partial charge on any atom is -0.491 e. The van der Waals surface area contributed by atoms with Crippen LogP contribution in [0, 0.1) is 13.8 Å². The van der Waals surface area contributed by atoms with Crippen molar-refractivity contribution < 1.29 is 9.53 Å². The van der Waals surface area contributed by atoms with Gasteiger partial charge >= 0.3 is 0 Å². The van der Waals surface area contributed by atoms with Gasteiger partial charge < -0.3 is 14.2 Å². The van der Waals surface area contributed by atoms with E-state index in [9.17, 15) is 4.79 Å². The standard InChI is InChI=1S/C29H31N3O2/c1-4-22-9-5-7-11-25(22)32-19-23(18-28(32)33)29-30-24-10-6-8-12-26(24)31(29)15-16-34-27-17-20(2)13-14-21(27)3/h5-14,17,23H,4,15-16,18-19H2,1-3H3/t23-/m1/s1. The first-order valence-electron chi connectivity index (χ1n) is 12.1. The SMILES string of the molecule is CCc1ccccc1N1C[C@H](c2nc3ccccc3n2CCOc2cc(C)ccc2C)CC1=O. The lowest BCUT2D eigenvalue weighted by Crippen LogP contribution is -2.25. The number of carbonyl (C=O) groups is 1. The first-order chi connectivity index (χ1) is 16.5. The van der Waals surface area contributed by atoms with Gasteiger partial charge in [0.2, 0.25) is 5.91 Å². The molecule has 1 saturated heterocycles. The van der Waals surface area contributed by atoms with Gasteiger partial charge in [0.15, 0.2) is 0 Å². The molecule has 5 heteroatoms. The quantitative estimate of drug-likeness (QED) is 0.354. The van der Waals surface area contributed by atoms with Crippen LogP contribution >= 0.6 is 0 Å². The van der Waals surface area contributed by atoms with E-state index < -0.39 is 0 Å². The predicted octanol–water partition coefficient (Wildman–Crippen LogP) is 5.82. The van der Waals surface area contributed by atoms with E-state index in [4.69, 9.17) is 9.72 Å². The number of para-hydroxylation sites is 3. The van der Waals surface area contributed by atoms with Gasteiger partial charge in [0.25, 0.3) is 0 Å². The fourth-order valence-corrected chi connectivity index (χ4v) is 4.94. The number of nitrogens with zero attached hydrogens (tertiary/aromatic N) is 3. The predicted molar refractivity (Wildman–Crippen MR) is 137 cm³/mol. The summed E-state index contributed by atoms with van der Waals surface area (Å²) >= 11 is 0. The lowest BCUT2D eigenvalue weighted by atomic mass is 10.1. The summed E-state index contributed by atoms with van der Waals surface area (Å²) in [6.07, 6.45) is 1.37. The number of imidazole rings is 1. The fraction of sp³-hybridized carbons (Fsp3) is 0.310. The molecule has 0 radical (unpaired) electrons. The summed E-state index contributed by atoms with van der Waals surface area (Å²) in [6, 6.07) is 22.7. The van der Waals surface area contributed by atoms with Crippen molar-refractivity contribution in [3.05, 3.63) is 89.2 Å². The molecular weight excluding hydrogens is 422 g/mol. The van der Waals surface area contributed by atoms with Gasteiger partial charge in [-0.2, -0.15) is 0 Å². The van der Waals surface area contributed by atoms with E-state index in [1.54, 1.807) is 0 Å². The molecule has 0 saturated carbocycles. The highest BCUT2D eigenvalue weighted by Crippen LogP contribution is 2.34. The lowest BCUT2D eigenvalue weighted by molar-refractivity contribution is -0.117. The molecule has 3 aromatic carbocycles. The molecular formula is C29H31N3O2. The first-order valence-corrected chi connectivity index (χ1v) is 12.1. The molecule has 5 nitrogen and oxygen atoms in total. The molecule has 0 spiro atoms. The van der Waals surface area contributed by atoms with Gasteiger partial charge in [0.05, 0.1) is 17.6 Å². The molecule has 0 bridgehead atoms. The second kappa shape index (κ2) is 9.34. The van der Waals surface area contributed by atoms with Gasteiger partial charge in [-0.15, -0.1) is 0 Å². The molecule has 1 amide bonds. The maximum Gasteiger partial charge on any atom is 0.227 e. The first kappa shape index (κ1) is 22.2. The maximum atomic E-state index is 13.1. The van der Waals surface area contributed by atoms with Crippen molar-refractivity contribution in [2.24, 2.45) is 0 Å². The molecule has 1 aromatic heterocycles. The number of aromatic nitrogens is 2. The number of hydrogen-bond donors (Lipinski definition) is 0. The normalized spacial score (nSPS) is 15.9. The van der Waals surface area contributed by atoms with Crippen LogP contribution in [-0.2, 0) is 17.8 Å². The molecule has 4 aromatic rings. The molecule has 2 heterocycles. The van der Waals surface area contributed by atoms with Crippen molar-refractivity contribution in [1.82, 2.24) is 9.55 Å². The highest BCUT2D eigenvalue weighted by atomic mass is 16.5. The van der Waals surface area contributed by atoms with Crippen LogP contribution < -0.4 is 9.64 Å². The maximum absolute atomic E-state index is 13.1. The van der Waals surface area contributed by atoms with Gasteiger partial charge in [-0.1, -0.05) is 49.4 Å². The Morgan fingerprint density at radius 2 is 1.82 bits per heavy atom. The second-order valence-corrected chi connectivity index (χ2v) is 9.12. The summed E-state index contributed by atoms with van der Waals surface area (Å²) in [4.78, 5) is 20.0. The van der Waals surface area contributed by atoms with Crippen molar-refractivity contribution in [3.8, 4) is 5.75 Å². The summed E-state index contributed by atoms with van der Waals surface area (Å²) in [5, 5.41) is 0. The zero-order chi connectivity index (χ0) is 23.7. The van der Waals surface area contributed by atoms with Crippen LogP contribution in [0.4, 0.5) is 5.69 Å². The Morgan fingerprint density at radius 3 is 2.68 bits per heavy atom. The molecule has 5 rings (SSSR count). The molecule has 1 atom stereocenters. The van der Waals surface area contributed by atoms with E-state index in [0.717, 1.165) is 40.3 Å². The Morgan fingerprint density at radius 1 is 1.03 bits per heavy atom. The van der Waals surface area contributed by atoms with Crippen molar-refractivity contribution in [3.63, 3.8) is 0 Å². The molecule has 0 aliphatic carbocycles. The molecule has 1 fully saturated rings. The van der Waals surface area contributed by atoms with Gasteiger partial charge in [0, 0.05) is 24.6 Å². The minimum absolute atomic E-state index is 0.0468. The van der Waals surface area contributed by atoms with Crippen LogP contribution in [0.25, 0.3) is 11.0 Å². The van der Waals surface area contributed by atoms with Crippen LogP contribution in [0.3, 0.4) is 0 Å². The Hall–Kier alpha value is -3.60. The van der Waals surface area contributed by atoms with Crippen LogP contribution in [0.1, 0.15) is 41.8 Å². The largest absolute Gasteiger partial charge is 0.491 e. The fourth-order valence-electron chi connectivity index (χ4n) is 4.94. The summed E-state index contributed by atoms with van der Waals surface area (Å²) < 4.78 is 8.42. The number of ether oxygens (including phenoxy) is 1. The lowest BCUT2D eigenvalue weighted by Gasteiger charge is -2.20. The van der Waals surface area contributed by atoms with Crippen LogP contribution in [0.5, 0.6) is 5.75 Å². The molecule has 0 N–H and O–H groups in total. The number of amides is 1. The monoisotopic (exact) mass is 453 g/mol. The highest BCUT2D eigenvalue weighted by Gasteiger charge is 2.35. The second-order valence-electron chi connectivity index (χ2n) is 9.12. The Kier molecular flexibility index (Phi) is 6.10. The average Bonchev–Trinajstić information content (AvgIpc) is 3.41. The van der Waals surface area contributed by atoms with Crippen LogP contribution in [-0.4, -0.2) is 28.6 Å².